The van der Waals surface area contributed by atoms with Crippen LogP contribution < -0.4 is 5.32 Å². The molecule has 0 saturated heterocycles. The second kappa shape index (κ2) is 6.61. The molecule has 3 nitrogen and oxygen atoms in total. The van der Waals surface area contributed by atoms with Gasteiger partial charge in [-0.1, -0.05) is 39.5 Å². The number of hydrogen-bond donors (Lipinski definition) is 1. The average Bonchev–Trinajstić information content (AvgIpc) is 2.69. The van der Waals surface area contributed by atoms with E-state index in [1.54, 1.807) is 0 Å². The number of hydrogen-bond acceptors (Lipinski definition) is 2. The van der Waals surface area contributed by atoms with Gasteiger partial charge in [-0.2, -0.15) is 5.26 Å². The fourth-order valence-corrected chi connectivity index (χ4v) is 3.72. The molecule has 112 valence electrons. The second-order valence-corrected chi connectivity index (χ2v) is 7.05. The molecule has 20 heavy (non-hydrogen) atoms. The first-order chi connectivity index (χ1) is 9.57. The zero-order chi connectivity index (χ0) is 14.6. The smallest absolute Gasteiger partial charge is 0.240 e. The maximum absolute atomic E-state index is 12.6. The minimum Gasteiger partial charge on any atom is -0.352 e. The minimum absolute atomic E-state index is 0.00801. The van der Waals surface area contributed by atoms with Crippen molar-refractivity contribution in [3.05, 3.63) is 0 Å². The number of carbonyl (C=O) groups excluding carboxylic acids is 1. The summed E-state index contributed by atoms with van der Waals surface area (Å²) >= 11 is 0. The predicted molar refractivity (Wildman–Crippen MR) is 79.9 cm³/mol. The van der Waals surface area contributed by atoms with E-state index in [0.29, 0.717) is 5.92 Å². The largest absolute Gasteiger partial charge is 0.352 e. The van der Waals surface area contributed by atoms with E-state index in [2.05, 4.69) is 25.2 Å². The minimum atomic E-state index is -0.747. The third kappa shape index (κ3) is 3.34. The summed E-state index contributed by atoms with van der Waals surface area (Å²) in [6, 6.07) is 2.63. The Balaban J connectivity index is 1.97. The van der Waals surface area contributed by atoms with Gasteiger partial charge in [0.15, 0.2) is 0 Å². The van der Waals surface area contributed by atoms with Gasteiger partial charge in [-0.25, -0.2) is 0 Å². The van der Waals surface area contributed by atoms with Crippen molar-refractivity contribution in [3.8, 4) is 6.07 Å². The summed E-state index contributed by atoms with van der Waals surface area (Å²) in [7, 11) is 0. The first-order valence-corrected chi connectivity index (χ1v) is 8.29. The van der Waals surface area contributed by atoms with Gasteiger partial charge in [0.05, 0.1) is 6.07 Å². The SMILES string of the molecule is CC1CCC(NC(=O)C2(C#N)CCCCCC2)CC1C. The summed E-state index contributed by atoms with van der Waals surface area (Å²) in [5, 5.41) is 12.7. The van der Waals surface area contributed by atoms with Gasteiger partial charge in [0.1, 0.15) is 5.41 Å². The van der Waals surface area contributed by atoms with Crippen LogP contribution in [0.15, 0.2) is 0 Å². The van der Waals surface area contributed by atoms with Gasteiger partial charge in [0.25, 0.3) is 0 Å². The van der Waals surface area contributed by atoms with E-state index in [1.807, 2.05) is 0 Å². The van der Waals surface area contributed by atoms with Gasteiger partial charge < -0.3 is 5.32 Å². The van der Waals surface area contributed by atoms with Gasteiger partial charge >= 0.3 is 0 Å². The van der Waals surface area contributed by atoms with Crippen molar-refractivity contribution in [2.75, 3.05) is 0 Å². The van der Waals surface area contributed by atoms with Gasteiger partial charge in [-0.3, -0.25) is 4.79 Å². The number of amides is 1. The number of nitrogens with one attached hydrogen (secondary N) is 1. The molecule has 0 heterocycles. The fraction of sp³-hybridized carbons (Fsp3) is 0.882. The normalized spacial score (nSPS) is 33.8. The van der Waals surface area contributed by atoms with Crippen molar-refractivity contribution in [2.45, 2.75) is 77.7 Å². The van der Waals surface area contributed by atoms with E-state index in [4.69, 9.17) is 0 Å². The van der Waals surface area contributed by atoms with E-state index < -0.39 is 5.41 Å². The molecule has 0 aliphatic heterocycles. The Kier molecular flexibility index (Phi) is 5.07. The Labute approximate surface area is 123 Å². The Morgan fingerprint density at radius 2 is 1.75 bits per heavy atom. The molecule has 2 fully saturated rings. The lowest BCUT2D eigenvalue weighted by Gasteiger charge is -2.34. The standard InChI is InChI=1S/C17H28N2O/c1-13-7-8-15(11-14(13)2)19-16(20)17(12-18)9-5-3-4-6-10-17/h13-15H,3-11H2,1-2H3,(H,19,20). The van der Waals surface area contributed by atoms with Crippen molar-refractivity contribution < 1.29 is 4.79 Å². The van der Waals surface area contributed by atoms with E-state index in [9.17, 15) is 10.1 Å². The molecule has 2 saturated carbocycles. The van der Waals surface area contributed by atoms with E-state index in [0.717, 1.165) is 57.3 Å². The molecule has 2 aliphatic rings. The number of carbonyl (C=O) groups is 1. The topological polar surface area (TPSA) is 52.9 Å². The molecular weight excluding hydrogens is 248 g/mol. The van der Waals surface area contributed by atoms with Crippen LogP contribution in [-0.4, -0.2) is 11.9 Å². The number of nitrogens with zero attached hydrogens (tertiary/aromatic N) is 1. The summed E-state index contributed by atoms with van der Waals surface area (Å²) in [6.07, 6.45) is 9.16. The van der Waals surface area contributed by atoms with Crippen LogP contribution in [0.5, 0.6) is 0 Å². The van der Waals surface area contributed by atoms with Gasteiger partial charge in [0, 0.05) is 6.04 Å². The summed E-state index contributed by atoms with van der Waals surface area (Å²) in [5.41, 5.74) is -0.747. The lowest BCUT2D eigenvalue weighted by atomic mass is 9.77. The van der Waals surface area contributed by atoms with Crippen molar-refractivity contribution in [2.24, 2.45) is 17.3 Å². The highest BCUT2D eigenvalue weighted by atomic mass is 16.2. The van der Waals surface area contributed by atoms with E-state index in [1.165, 1.54) is 6.42 Å². The lowest BCUT2D eigenvalue weighted by molar-refractivity contribution is -0.130. The summed E-state index contributed by atoms with van der Waals surface area (Å²) in [6.45, 7) is 4.57. The van der Waals surface area contributed by atoms with E-state index >= 15 is 0 Å². The lowest BCUT2D eigenvalue weighted by Crippen LogP contribution is -2.47. The summed E-state index contributed by atoms with van der Waals surface area (Å²) in [5.74, 6) is 1.43. The van der Waals surface area contributed by atoms with Crippen LogP contribution >= 0.6 is 0 Å². The maximum Gasteiger partial charge on any atom is 0.240 e. The fourth-order valence-electron chi connectivity index (χ4n) is 3.72. The van der Waals surface area contributed by atoms with Crippen LogP contribution in [0.3, 0.4) is 0 Å². The molecule has 0 spiro atoms. The average molecular weight is 276 g/mol. The highest BCUT2D eigenvalue weighted by Gasteiger charge is 2.40. The number of nitriles is 1. The van der Waals surface area contributed by atoms with Gasteiger partial charge in [-0.15, -0.1) is 0 Å². The van der Waals surface area contributed by atoms with Crippen molar-refractivity contribution in [1.82, 2.24) is 5.32 Å². The van der Waals surface area contributed by atoms with Gasteiger partial charge in [-0.05, 0) is 43.9 Å². The van der Waals surface area contributed by atoms with Crippen molar-refractivity contribution in [3.63, 3.8) is 0 Å². The molecule has 0 radical (unpaired) electrons. The zero-order valence-electron chi connectivity index (χ0n) is 13.0. The predicted octanol–water partition coefficient (Wildman–Crippen LogP) is 3.79. The quantitative estimate of drug-likeness (QED) is 0.780. The maximum atomic E-state index is 12.6. The Morgan fingerprint density at radius 1 is 1.10 bits per heavy atom. The van der Waals surface area contributed by atoms with E-state index in [-0.39, 0.29) is 11.9 Å². The third-order valence-corrected chi connectivity index (χ3v) is 5.54. The first-order valence-electron chi connectivity index (χ1n) is 8.29. The third-order valence-electron chi connectivity index (χ3n) is 5.54. The number of rotatable bonds is 2. The van der Waals surface area contributed by atoms with Crippen molar-refractivity contribution in [1.29, 1.82) is 5.26 Å². The molecule has 3 heteroatoms. The Morgan fingerprint density at radius 3 is 2.30 bits per heavy atom. The first kappa shape index (κ1) is 15.4. The molecule has 1 N–H and O–H groups in total. The molecule has 0 aromatic carbocycles. The van der Waals surface area contributed by atoms with Crippen LogP contribution in [0, 0.1) is 28.6 Å². The molecule has 0 aromatic rings. The monoisotopic (exact) mass is 276 g/mol. The molecule has 2 aliphatic carbocycles. The summed E-state index contributed by atoms with van der Waals surface area (Å²) in [4.78, 5) is 12.6. The molecule has 3 unspecified atom stereocenters. The molecular formula is C17H28N2O. The van der Waals surface area contributed by atoms with Crippen LogP contribution in [0.4, 0.5) is 0 Å². The Hall–Kier alpha value is -1.04. The van der Waals surface area contributed by atoms with Crippen LogP contribution in [0.25, 0.3) is 0 Å². The highest BCUT2D eigenvalue weighted by Crippen LogP contribution is 2.36. The van der Waals surface area contributed by atoms with Crippen LogP contribution in [0.1, 0.15) is 71.6 Å². The Bertz CT molecular complexity index is 377. The molecule has 2 rings (SSSR count). The molecule has 0 bridgehead atoms. The second-order valence-electron chi connectivity index (χ2n) is 7.05. The van der Waals surface area contributed by atoms with Gasteiger partial charge in [0.2, 0.25) is 5.91 Å². The molecule has 1 amide bonds. The highest BCUT2D eigenvalue weighted by molar-refractivity contribution is 5.85. The zero-order valence-corrected chi connectivity index (χ0v) is 13.0. The van der Waals surface area contributed by atoms with Crippen molar-refractivity contribution >= 4 is 5.91 Å². The summed E-state index contributed by atoms with van der Waals surface area (Å²) < 4.78 is 0. The van der Waals surface area contributed by atoms with Crippen LogP contribution in [0.2, 0.25) is 0 Å². The molecule has 3 atom stereocenters. The molecule has 0 aromatic heterocycles. The van der Waals surface area contributed by atoms with Crippen LogP contribution in [-0.2, 0) is 4.79 Å².